The van der Waals surface area contributed by atoms with Crippen LogP contribution < -0.4 is 10.1 Å². The zero-order valence-electron chi connectivity index (χ0n) is 15.9. The minimum atomic E-state index is -0.226. The highest BCUT2D eigenvalue weighted by Crippen LogP contribution is 2.28. The van der Waals surface area contributed by atoms with Crippen LogP contribution >= 0.6 is 0 Å². The molecule has 140 valence electrons. The number of amides is 1. The van der Waals surface area contributed by atoms with Crippen molar-refractivity contribution in [2.24, 2.45) is 0 Å². The molecule has 0 unspecified atom stereocenters. The normalized spacial score (nSPS) is 10.8. The second-order valence-corrected chi connectivity index (χ2v) is 6.50. The number of nitrogens with zero attached hydrogens (tertiary/aromatic N) is 3. The van der Waals surface area contributed by atoms with Gasteiger partial charge in [0.25, 0.3) is 5.91 Å². The van der Waals surface area contributed by atoms with E-state index in [2.05, 4.69) is 15.4 Å². The highest BCUT2D eigenvalue weighted by Gasteiger charge is 2.20. The molecule has 0 spiro atoms. The van der Waals surface area contributed by atoms with Crippen LogP contribution in [0.2, 0.25) is 0 Å². The van der Waals surface area contributed by atoms with Gasteiger partial charge in [-0.05, 0) is 44.2 Å². The van der Waals surface area contributed by atoms with Gasteiger partial charge in [0.05, 0.1) is 35.1 Å². The fourth-order valence-electron chi connectivity index (χ4n) is 3.28. The summed E-state index contributed by atoms with van der Waals surface area (Å²) in [6, 6.07) is 18.9. The Hall–Kier alpha value is -3.67. The number of nitrogens with one attached hydrogen (secondary N) is 1. The third-order valence-corrected chi connectivity index (χ3v) is 4.54. The van der Waals surface area contributed by atoms with Crippen LogP contribution in [0.1, 0.15) is 21.7 Å². The molecule has 1 N–H and O–H groups in total. The number of fused-ring (bicyclic) bond motifs is 1. The summed E-state index contributed by atoms with van der Waals surface area (Å²) in [7, 11) is 1.58. The molecule has 4 rings (SSSR count). The predicted octanol–water partition coefficient (Wildman–Crippen LogP) is 4.30. The summed E-state index contributed by atoms with van der Waals surface area (Å²) in [5.74, 6) is 0.380. The van der Waals surface area contributed by atoms with Gasteiger partial charge in [-0.3, -0.25) is 4.79 Å². The number of rotatable bonds is 4. The maximum Gasteiger partial charge on any atom is 0.256 e. The highest BCUT2D eigenvalue weighted by atomic mass is 16.5. The second-order valence-electron chi connectivity index (χ2n) is 6.50. The number of ether oxygens (including phenoxy) is 1. The summed E-state index contributed by atoms with van der Waals surface area (Å²) in [5, 5.41) is 8.32. The average Bonchev–Trinajstić information content (AvgIpc) is 3.04. The molecule has 0 saturated heterocycles. The molecule has 0 atom stereocenters. The molecule has 0 fully saturated rings. The Morgan fingerprint density at radius 2 is 1.75 bits per heavy atom. The molecule has 6 heteroatoms. The lowest BCUT2D eigenvalue weighted by Gasteiger charge is -2.11. The third kappa shape index (κ3) is 3.09. The number of methoxy groups -OCH3 is 1. The monoisotopic (exact) mass is 372 g/mol. The van der Waals surface area contributed by atoms with E-state index in [-0.39, 0.29) is 5.91 Å². The van der Waals surface area contributed by atoms with Crippen LogP contribution in [0.3, 0.4) is 0 Å². The number of aryl methyl sites for hydroxylation is 2. The topological polar surface area (TPSA) is 69.0 Å². The number of anilines is 1. The largest absolute Gasteiger partial charge is 0.495 e. The van der Waals surface area contributed by atoms with Gasteiger partial charge in [0.2, 0.25) is 0 Å². The lowest BCUT2D eigenvalue weighted by atomic mass is 10.1. The van der Waals surface area contributed by atoms with Crippen molar-refractivity contribution < 1.29 is 9.53 Å². The Kier molecular flexibility index (Phi) is 4.53. The van der Waals surface area contributed by atoms with Crippen LogP contribution in [0.25, 0.3) is 16.7 Å². The quantitative estimate of drug-likeness (QED) is 0.580. The zero-order chi connectivity index (χ0) is 19.7. The zero-order valence-corrected chi connectivity index (χ0v) is 15.9. The van der Waals surface area contributed by atoms with E-state index in [9.17, 15) is 4.79 Å². The average molecular weight is 372 g/mol. The number of para-hydroxylation sites is 3. The molecule has 0 aliphatic rings. The van der Waals surface area contributed by atoms with Crippen LogP contribution in [0.5, 0.6) is 5.75 Å². The summed E-state index contributed by atoms with van der Waals surface area (Å²) in [6.45, 7) is 3.76. The number of pyridine rings is 1. The lowest BCUT2D eigenvalue weighted by molar-refractivity contribution is 0.102. The Labute approximate surface area is 162 Å². The first-order valence-corrected chi connectivity index (χ1v) is 8.95. The van der Waals surface area contributed by atoms with Gasteiger partial charge in [0.15, 0.2) is 5.65 Å². The molecule has 2 aromatic heterocycles. The highest BCUT2D eigenvalue weighted by molar-refractivity contribution is 6.13. The second kappa shape index (κ2) is 7.15. The summed E-state index contributed by atoms with van der Waals surface area (Å²) in [5.41, 5.74) is 4.20. The minimum Gasteiger partial charge on any atom is -0.495 e. The standard InChI is InChI=1S/C22H20N4O2/c1-14-13-17(22(27)24-18-11-7-8-12-19(18)28-3)20-15(2)25-26(21(20)23-14)16-9-5-4-6-10-16/h4-13H,1-3H3,(H,24,27). The predicted molar refractivity (Wildman–Crippen MR) is 109 cm³/mol. The SMILES string of the molecule is COc1ccccc1NC(=O)c1cc(C)nc2c1c(C)nn2-c1ccccc1. The molecule has 6 nitrogen and oxygen atoms in total. The summed E-state index contributed by atoms with van der Waals surface area (Å²) in [4.78, 5) is 17.8. The van der Waals surface area contributed by atoms with Gasteiger partial charge >= 0.3 is 0 Å². The maximum atomic E-state index is 13.1. The van der Waals surface area contributed by atoms with Gasteiger partial charge in [-0.1, -0.05) is 30.3 Å². The smallest absolute Gasteiger partial charge is 0.256 e. The van der Waals surface area contributed by atoms with Gasteiger partial charge in [-0.25, -0.2) is 9.67 Å². The Morgan fingerprint density at radius 1 is 1.04 bits per heavy atom. The first-order chi connectivity index (χ1) is 13.6. The maximum absolute atomic E-state index is 13.1. The summed E-state index contributed by atoms with van der Waals surface area (Å²) >= 11 is 0. The molecule has 0 saturated carbocycles. The van der Waals surface area contributed by atoms with Gasteiger partial charge in [-0.2, -0.15) is 5.10 Å². The Morgan fingerprint density at radius 3 is 2.50 bits per heavy atom. The van der Waals surface area contributed by atoms with Gasteiger partial charge in [0.1, 0.15) is 5.75 Å². The third-order valence-electron chi connectivity index (χ3n) is 4.54. The van der Waals surface area contributed by atoms with Crippen molar-refractivity contribution in [2.45, 2.75) is 13.8 Å². The number of hydrogen-bond donors (Lipinski definition) is 1. The number of hydrogen-bond acceptors (Lipinski definition) is 4. The number of benzene rings is 2. The molecule has 28 heavy (non-hydrogen) atoms. The van der Waals surface area contributed by atoms with Crippen LogP contribution in [-0.4, -0.2) is 27.8 Å². The Balaban J connectivity index is 1.84. The Bertz CT molecular complexity index is 1170. The molecule has 0 aliphatic heterocycles. The lowest BCUT2D eigenvalue weighted by Crippen LogP contribution is -2.14. The minimum absolute atomic E-state index is 0.226. The van der Waals surface area contributed by atoms with E-state index in [1.165, 1.54) is 0 Å². The molecule has 2 heterocycles. The molecular weight excluding hydrogens is 352 g/mol. The van der Waals surface area contributed by atoms with Crippen molar-refractivity contribution in [2.75, 3.05) is 12.4 Å². The van der Waals surface area contributed by atoms with E-state index in [1.807, 2.05) is 68.4 Å². The molecular formula is C22H20N4O2. The van der Waals surface area contributed by atoms with Crippen molar-refractivity contribution >= 4 is 22.6 Å². The van der Waals surface area contributed by atoms with Crippen LogP contribution in [-0.2, 0) is 0 Å². The molecule has 4 aromatic rings. The van der Waals surface area contributed by atoms with E-state index in [1.54, 1.807) is 17.9 Å². The molecule has 0 aliphatic carbocycles. The van der Waals surface area contributed by atoms with Crippen molar-refractivity contribution in [1.29, 1.82) is 0 Å². The van der Waals surface area contributed by atoms with E-state index in [0.29, 0.717) is 22.6 Å². The number of aromatic nitrogens is 3. The van der Waals surface area contributed by atoms with E-state index < -0.39 is 0 Å². The molecule has 0 radical (unpaired) electrons. The number of carbonyl (C=O) groups excluding carboxylic acids is 1. The fourth-order valence-corrected chi connectivity index (χ4v) is 3.28. The molecule has 2 aromatic carbocycles. The molecule has 1 amide bonds. The van der Waals surface area contributed by atoms with Gasteiger partial charge < -0.3 is 10.1 Å². The molecule has 0 bridgehead atoms. The van der Waals surface area contributed by atoms with Crippen molar-refractivity contribution in [1.82, 2.24) is 14.8 Å². The first kappa shape index (κ1) is 17.7. The van der Waals surface area contributed by atoms with Crippen LogP contribution in [0.15, 0.2) is 60.7 Å². The summed E-state index contributed by atoms with van der Waals surface area (Å²) < 4.78 is 7.11. The van der Waals surface area contributed by atoms with E-state index in [0.717, 1.165) is 22.5 Å². The fraction of sp³-hybridized carbons (Fsp3) is 0.136. The summed E-state index contributed by atoms with van der Waals surface area (Å²) in [6.07, 6.45) is 0. The van der Waals surface area contributed by atoms with Gasteiger partial charge in [0, 0.05) is 5.69 Å². The van der Waals surface area contributed by atoms with Crippen molar-refractivity contribution in [3.63, 3.8) is 0 Å². The first-order valence-electron chi connectivity index (χ1n) is 8.95. The van der Waals surface area contributed by atoms with Gasteiger partial charge in [-0.15, -0.1) is 0 Å². The van der Waals surface area contributed by atoms with E-state index in [4.69, 9.17) is 4.74 Å². The van der Waals surface area contributed by atoms with Crippen LogP contribution in [0.4, 0.5) is 5.69 Å². The van der Waals surface area contributed by atoms with E-state index >= 15 is 0 Å². The number of carbonyl (C=O) groups is 1. The van der Waals surface area contributed by atoms with Crippen molar-refractivity contribution in [3.05, 3.63) is 77.6 Å². The van der Waals surface area contributed by atoms with Crippen molar-refractivity contribution in [3.8, 4) is 11.4 Å². The van der Waals surface area contributed by atoms with Crippen LogP contribution in [0, 0.1) is 13.8 Å².